The first kappa shape index (κ1) is 10.8. The third kappa shape index (κ3) is 3.43. The van der Waals surface area contributed by atoms with Crippen molar-refractivity contribution >= 4 is 17.4 Å². The van der Waals surface area contributed by atoms with E-state index >= 15 is 0 Å². The molecule has 1 aliphatic heterocycles. The lowest BCUT2D eigenvalue weighted by Crippen LogP contribution is -2.21. The fourth-order valence-corrected chi connectivity index (χ4v) is 2.77. The number of benzene rings is 1. The highest BCUT2D eigenvalue weighted by Gasteiger charge is 2.13. The molecule has 1 unspecified atom stereocenters. The molecule has 2 nitrogen and oxygen atoms in total. The molecule has 0 spiro atoms. The molecule has 0 bridgehead atoms. The van der Waals surface area contributed by atoms with Crippen LogP contribution in [0, 0.1) is 0 Å². The number of rotatable bonds is 3. The van der Waals surface area contributed by atoms with Gasteiger partial charge in [-0.2, -0.15) is 0 Å². The Bertz CT molecular complexity index is 310. The number of hydrogen-bond donors (Lipinski definition) is 1. The van der Waals surface area contributed by atoms with Crippen LogP contribution in [0.3, 0.4) is 0 Å². The summed E-state index contributed by atoms with van der Waals surface area (Å²) in [5.41, 5.74) is 6.56. The summed E-state index contributed by atoms with van der Waals surface area (Å²) < 4.78 is 5.68. The van der Waals surface area contributed by atoms with E-state index in [0.717, 1.165) is 18.0 Å². The van der Waals surface area contributed by atoms with Gasteiger partial charge in [-0.25, -0.2) is 0 Å². The summed E-state index contributed by atoms with van der Waals surface area (Å²) >= 11 is 1.84. The average Bonchev–Trinajstić information content (AvgIpc) is 2.28. The van der Waals surface area contributed by atoms with Crippen LogP contribution in [0.25, 0.3) is 0 Å². The highest BCUT2D eigenvalue weighted by molar-refractivity contribution is 7.99. The van der Waals surface area contributed by atoms with E-state index in [0.29, 0.717) is 6.10 Å². The van der Waals surface area contributed by atoms with Gasteiger partial charge >= 0.3 is 0 Å². The molecule has 1 aromatic rings. The molecule has 2 rings (SSSR count). The predicted molar refractivity (Wildman–Crippen MR) is 65.2 cm³/mol. The molecule has 1 aromatic carbocycles. The van der Waals surface area contributed by atoms with Gasteiger partial charge in [0.05, 0.1) is 6.10 Å². The van der Waals surface area contributed by atoms with Crippen molar-refractivity contribution in [1.82, 2.24) is 0 Å². The van der Waals surface area contributed by atoms with Crippen molar-refractivity contribution in [2.75, 3.05) is 18.1 Å². The zero-order valence-corrected chi connectivity index (χ0v) is 9.63. The van der Waals surface area contributed by atoms with Gasteiger partial charge in [0.2, 0.25) is 0 Å². The molecule has 1 atom stereocenters. The van der Waals surface area contributed by atoms with Crippen molar-refractivity contribution in [2.45, 2.75) is 30.3 Å². The largest absolute Gasteiger partial charge is 0.399 e. The molecule has 0 amide bonds. The van der Waals surface area contributed by atoms with Crippen molar-refractivity contribution < 1.29 is 4.74 Å². The summed E-state index contributed by atoms with van der Waals surface area (Å²) in [6, 6.07) is 8.04. The van der Waals surface area contributed by atoms with Gasteiger partial charge in [-0.3, -0.25) is 0 Å². The van der Waals surface area contributed by atoms with E-state index in [-0.39, 0.29) is 0 Å². The normalized spacial score (nSPS) is 21.5. The lowest BCUT2D eigenvalue weighted by Gasteiger charge is -2.22. The molecule has 0 saturated carbocycles. The molecule has 1 fully saturated rings. The first-order valence-electron chi connectivity index (χ1n) is 5.44. The van der Waals surface area contributed by atoms with E-state index < -0.39 is 0 Å². The third-order valence-corrected chi connectivity index (χ3v) is 3.69. The number of thioether (sulfide) groups is 1. The van der Waals surface area contributed by atoms with Crippen LogP contribution in [0.4, 0.5) is 5.69 Å². The maximum absolute atomic E-state index is 5.72. The lowest BCUT2D eigenvalue weighted by atomic mass is 10.1. The fourth-order valence-electron chi connectivity index (χ4n) is 1.73. The zero-order chi connectivity index (χ0) is 10.5. The average molecular weight is 223 g/mol. The van der Waals surface area contributed by atoms with E-state index in [1.165, 1.54) is 24.2 Å². The Morgan fingerprint density at radius 3 is 3.07 bits per heavy atom. The molecule has 1 heterocycles. The molecule has 2 N–H and O–H groups in total. The summed E-state index contributed by atoms with van der Waals surface area (Å²) in [5, 5.41) is 0. The third-order valence-electron chi connectivity index (χ3n) is 2.57. The fraction of sp³-hybridized carbons (Fsp3) is 0.500. The van der Waals surface area contributed by atoms with Gasteiger partial charge in [0.1, 0.15) is 0 Å². The van der Waals surface area contributed by atoms with E-state index in [2.05, 4.69) is 6.07 Å². The minimum atomic E-state index is 0.435. The molecular weight excluding hydrogens is 206 g/mol. The molecule has 0 radical (unpaired) electrons. The van der Waals surface area contributed by atoms with Gasteiger partial charge in [0.15, 0.2) is 0 Å². The van der Waals surface area contributed by atoms with Gasteiger partial charge in [-0.15, -0.1) is 11.8 Å². The summed E-state index contributed by atoms with van der Waals surface area (Å²) in [4.78, 5) is 1.24. The standard InChI is InChI=1S/C12H17NOS/c13-10-4-3-6-12(8-10)15-9-11-5-1-2-7-14-11/h3-4,6,8,11H,1-2,5,7,9,13H2. The second kappa shape index (κ2) is 5.42. The van der Waals surface area contributed by atoms with Crippen LogP contribution in [0.2, 0.25) is 0 Å². The smallest absolute Gasteiger partial charge is 0.0669 e. The maximum atomic E-state index is 5.72. The molecular formula is C12H17NOS. The molecule has 0 aromatic heterocycles. The van der Waals surface area contributed by atoms with Crippen LogP contribution in [0.5, 0.6) is 0 Å². The van der Waals surface area contributed by atoms with Gasteiger partial charge in [0, 0.05) is 22.9 Å². The molecule has 0 aliphatic carbocycles. The summed E-state index contributed by atoms with van der Waals surface area (Å²) in [6.07, 6.45) is 4.17. The van der Waals surface area contributed by atoms with Crippen molar-refractivity contribution in [3.63, 3.8) is 0 Å². The van der Waals surface area contributed by atoms with Crippen LogP contribution in [-0.4, -0.2) is 18.5 Å². The number of nitrogens with two attached hydrogens (primary N) is 1. The zero-order valence-electron chi connectivity index (χ0n) is 8.82. The Kier molecular flexibility index (Phi) is 3.92. The van der Waals surface area contributed by atoms with Crippen molar-refractivity contribution in [1.29, 1.82) is 0 Å². The molecule has 3 heteroatoms. The van der Waals surface area contributed by atoms with Crippen molar-refractivity contribution in [3.8, 4) is 0 Å². The van der Waals surface area contributed by atoms with Gasteiger partial charge < -0.3 is 10.5 Å². The van der Waals surface area contributed by atoms with E-state index in [1.807, 2.05) is 30.0 Å². The van der Waals surface area contributed by atoms with Gasteiger partial charge in [-0.1, -0.05) is 6.07 Å². The maximum Gasteiger partial charge on any atom is 0.0669 e. The number of anilines is 1. The summed E-state index contributed by atoms with van der Waals surface area (Å²) in [7, 11) is 0. The quantitative estimate of drug-likeness (QED) is 0.632. The monoisotopic (exact) mass is 223 g/mol. The van der Waals surface area contributed by atoms with Crippen molar-refractivity contribution in [3.05, 3.63) is 24.3 Å². The Hall–Kier alpha value is -0.670. The first-order valence-corrected chi connectivity index (χ1v) is 6.43. The Labute approximate surface area is 95.2 Å². The van der Waals surface area contributed by atoms with E-state index in [4.69, 9.17) is 10.5 Å². The topological polar surface area (TPSA) is 35.2 Å². The number of hydrogen-bond acceptors (Lipinski definition) is 3. The molecule has 15 heavy (non-hydrogen) atoms. The lowest BCUT2D eigenvalue weighted by molar-refractivity contribution is 0.0315. The summed E-state index contributed by atoms with van der Waals surface area (Å²) in [6.45, 7) is 0.933. The van der Waals surface area contributed by atoms with Crippen LogP contribution < -0.4 is 5.73 Å². The highest BCUT2D eigenvalue weighted by atomic mass is 32.2. The minimum absolute atomic E-state index is 0.435. The number of ether oxygens (including phenoxy) is 1. The highest BCUT2D eigenvalue weighted by Crippen LogP contribution is 2.24. The van der Waals surface area contributed by atoms with Crippen LogP contribution in [0.1, 0.15) is 19.3 Å². The molecule has 82 valence electrons. The Morgan fingerprint density at radius 2 is 2.33 bits per heavy atom. The van der Waals surface area contributed by atoms with Crippen LogP contribution in [-0.2, 0) is 4.74 Å². The predicted octanol–water partition coefficient (Wildman–Crippen LogP) is 2.93. The van der Waals surface area contributed by atoms with Gasteiger partial charge in [0.25, 0.3) is 0 Å². The van der Waals surface area contributed by atoms with E-state index in [1.54, 1.807) is 0 Å². The van der Waals surface area contributed by atoms with Gasteiger partial charge in [-0.05, 0) is 37.5 Å². The second-order valence-corrected chi connectivity index (χ2v) is 4.97. The second-order valence-electron chi connectivity index (χ2n) is 3.87. The first-order chi connectivity index (χ1) is 7.34. The number of nitrogen functional groups attached to an aromatic ring is 1. The summed E-state index contributed by atoms with van der Waals surface area (Å²) in [5.74, 6) is 1.05. The van der Waals surface area contributed by atoms with Crippen LogP contribution >= 0.6 is 11.8 Å². The SMILES string of the molecule is Nc1cccc(SCC2CCCCO2)c1. The van der Waals surface area contributed by atoms with E-state index in [9.17, 15) is 0 Å². The molecule has 1 saturated heterocycles. The van der Waals surface area contributed by atoms with Crippen molar-refractivity contribution in [2.24, 2.45) is 0 Å². The Morgan fingerprint density at radius 1 is 1.40 bits per heavy atom. The minimum Gasteiger partial charge on any atom is -0.399 e. The molecule has 1 aliphatic rings. The van der Waals surface area contributed by atoms with Crippen LogP contribution in [0.15, 0.2) is 29.2 Å². The Balaban J connectivity index is 1.81.